The molecule has 0 spiro atoms. The van der Waals surface area contributed by atoms with Crippen molar-refractivity contribution in [2.24, 2.45) is 0 Å². The number of carbonyl (C=O) groups is 1. The Labute approximate surface area is 125 Å². The largest absolute Gasteiger partial charge is 0.349 e. The Morgan fingerprint density at radius 1 is 1.17 bits per heavy atom. The van der Waals surface area contributed by atoms with E-state index in [1.165, 1.54) is 19.3 Å². The summed E-state index contributed by atoms with van der Waals surface area (Å²) in [7, 11) is 0. The van der Waals surface area contributed by atoms with Crippen molar-refractivity contribution in [1.82, 2.24) is 5.32 Å². The molecule has 1 aliphatic carbocycles. The number of carbonyl (C=O) groups excluding carboxylic acids is 1. The fraction of sp³-hybridized carbons (Fsp3) is 0.462. The average Bonchev–Trinajstić information content (AvgIpc) is 2.35. The van der Waals surface area contributed by atoms with Crippen molar-refractivity contribution in [3.63, 3.8) is 0 Å². The van der Waals surface area contributed by atoms with Gasteiger partial charge >= 0.3 is 0 Å². The first-order valence-electron chi connectivity index (χ1n) is 6.03. The van der Waals surface area contributed by atoms with Crippen molar-refractivity contribution in [3.8, 4) is 0 Å². The van der Waals surface area contributed by atoms with Crippen LogP contribution in [0.25, 0.3) is 0 Å². The SMILES string of the molecule is O=C(NC1CCCCC1)c1cc(Cl)c(Br)cc1Cl. The molecule has 0 radical (unpaired) electrons. The van der Waals surface area contributed by atoms with Crippen molar-refractivity contribution >= 4 is 45.0 Å². The maximum atomic E-state index is 12.1. The summed E-state index contributed by atoms with van der Waals surface area (Å²) in [5.41, 5.74) is 0.440. The lowest BCUT2D eigenvalue weighted by molar-refractivity contribution is 0.0928. The molecule has 0 bridgehead atoms. The Hall–Kier alpha value is -0.250. The summed E-state index contributed by atoms with van der Waals surface area (Å²) in [5, 5.41) is 3.94. The molecule has 1 aromatic carbocycles. The first kappa shape index (κ1) is 14.2. The van der Waals surface area contributed by atoms with Crippen LogP contribution in [-0.4, -0.2) is 11.9 Å². The van der Waals surface area contributed by atoms with Crippen molar-refractivity contribution < 1.29 is 4.79 Å². The Bertz CT molecular complexity index is 459. The van der Waals surface area contributed by atoms with Crippen molar-refractivity contribution in [3.05, 3.63) is 32.2 Å². The molecule has 1 saturated carbocycles. The highest BCUT2D eigenvalue weighted by Gasteiger charge is 2.19. The van der Waals surface area contributed by atoms with Gasteiger partial charge in [-0.1, -0.05) is 42.5 Å². The van der Waals surface area contributed by atoms with Crippen molar-refractivity contribution in [1.29, 1.82) is 0 Å². The van der Waals surface area contributed by atoms with Gasteiger partial charge in [-0.3, -0.25) is 4.79 Å². The molecular weight excluding hydrogens is 337 g/mol. The van der Waals surface area contributed by atoms with E-state index in [0.717, 1.165) is 12.8 Å². The molecule has 0 atom stereocenters. The molecule has 1 amide bonds. The third-order valence-corrected chi connectivity index (χ3v) is 4.70. The Morgan fingerprint density at radius 3 is 2.50 bits per heavy atom. The maximum Gasteiger partial charge on any atom is 0.253 e. The van der Waals surface area contributed by atoms with Crippen LogP contribution in [-0.2, 0) is 0 Å². The lowest BCUT2D eigenvalue weighted by Crippen LogP contribution is -2.36. The first-order chi connectivity index (χ1) is 8.58. The highest BCUT2D eigenvalue weighted by molar-refractivity contribution is 9.10. The van der Waals surface area contributed by atoms with Crippen LogP contribution < -0.4 is 5.32 Å². The van der Waals surface area contributed by atoms with Gasteiger partial charge in [-0.2, -0.15) is 0 Å². The third kappa shape index (κ3) is 3.40. The number of amides is 1. The minimum Gasteiger partial charge on any atom is -0.349 e. The number of nitrogens with one attached hydrogen (secondary N) is 1. The van der Waals surface area contributed by atoms with Gasteiger partial charge in [0.05, 0.1) is 15.6 Å². The molecule has 1 fully saturated rings. The lowest BCUT2D eigenvalue weighted by atomic mass is 9.95. The Balaban J connectivity index is 2.10. The molecule has 18 heavy (non-hydrogen) atoms. The summed E-state index contributed by atoms with van der Waals surface area (Å²) in [6.45, 7) is 0. The molecule has 0 aromatic heterocycles. The number of benzene rings is 1. The van der Waals surface area contributed by atoms with Gasteiger partial charge in [-0.25, -0.2) is 0 Å². The smallest absolute Gasteiger partial charge is 0.253 e. The summed E-state index contributed by atoms with van der Waals surface area (Å²) in [6, 6.07) is 3.52. The molecule has 0 aliphatic heterocycles. The normalized spacial score (nSPS) is 16.6. The highest BCUT2D eigenvalue weighted by atomic mass is 79.9. The van der Waals surface area contributed by atoms with E-state index in [-0.39, 0.29) is 11.9 Å². The van der Waals surface area contributed by atoms with Gasteiger partial charge < -0.3 is 5.32 Å². The van der Waals surface area contributed by atoms with Crippen LogP contribution in [0.3, 0.4) is 0 Å². The maximum absolute atomic E-state index is 12.1. The van der Waals surface area contributed by atoms with Gasteiger partial charge in [-0.15, -0.1) is 0 Å². The summed E-state index contributed by atoms with van der Waals surface area (Å²) >= 11 is 15.3. The molecule has 0 heterocycles. The fourth-order valence-corrected chi connectivity index (χ4v) is 3.09. The highest BCUT2D eigenvalue weighted by Crippen LogP contribution is 2.29. The van der Waals surface area contributed by atoms with E-state index in [1.807, 2.05) is 0 Å². The van der Waals surface area contributed by atoms with E-state index in [9.17, 15) is 4.79 Å². The van der Waals surface area contributed by atoms with E-state index >= 15 is 0 Å². The molecule has 1 aliphatic rings. The van der Waals surface area contributed by atoms with Crippen LogP contribution in [0, 0.1) is 0 Å². The zero-order chi connectivity index (χ0) is 13.1. The van der Waals surface area contributed by atoms with Crippen molar-refractivity contribution in [2.45, 2.75) is 38.1 Å². The molecular formula is C13H14BrCl2NO. The molecule has 5 heteroatoms. The van der Waals surface area contributed by atoms with Gasteiger partial charge in [0.15, 0.2) is 0 Å². The molecule has 0 unspecified atom stereocenters. The quantitative estimate of drug-likeness (QED) is 0.761. The Morgan fingerprint density at radius 2 is 1.83 bits per heavy atom. The summed E-state index contributed by atoms with van der Waals surface area (Å²) in [4.78, 5) is 12.1. The second kappa shape index (κ2) is 6.27. The molecule has 1 aromatic rings. The summed E-state index contributed by atoms with van der Waals surface area (Å²) < 4.78 is 0.698. The monoisotopic (exact) mass is 349 g/mol. The molecule has 98 valence electrons. The van der Waals surface area contributed by atoms with Crippen molar-refractivity contribution in [2.75, 3.05) is 0 Å². The standard InChI is InChI=1S/C13H14BrCl2NO/c14-10-7-11(15)9(6-12(10)16)13(18)17-8-4-2-1-3-5-8/h6-8H,1-5H2,(H,17,18). The van der Waals surface area contributed by atoms with Crippen LogP contribution in [0.1, 0.15) is 42.5 Å². The zero-order valence-electron chi connectivity index (χ0n) is 9.81. The van der Waals surface area contributed by atoms with Gasteiger partial charge in [-0.05, 0) is 40.9 Å². The molecule has 2 nitrogen and oxygen atoms in total. The van der Waals surface area contributed by atoms with Crippen LogP contribution in [0.2, 0.25) is 10.0 Å². The second-order valence-corrected chi connectivity index (χ2v) is 6.22. The zero-order valence-corrected chi connectivity index (χ0v) is 12.9. The lowest BCUT2D eigenvalue weighted by Gasteiger charge is -2.23. The molecule has 0 saturated heterocycles. The minimum absolute atomic E-state index is 0.138. The van der Waals surface area contributed by atoms with Crippen LogP contribution in [0.4, 0.5) is 0 Å². The fourth-order valence-electron chi connectivity index (χ4n) is 2.21. The van der Waals surface area contributed by atoms with E-state index in [0.29, 0.717) is 20.1 Å². The van der Waals surface area contributed by atoms with E-state index in [4.69, 9.17) is 23.2 Å². The second-order valence-electron chi connectivity index (χ2n) is 4.55. The minimum atomic E-state index is -0.138. The number of rotatable bonds is 2. The van der Waals surface area contributed by atoms with Crippen LogP contribution in [0.5, 0.6) is 0 Å². The topological polar surface area (TPSA) is 29.1 Å². The predicted octanol–water partition coefficient (Wildman–Crippen LogP) is 4.82. The van der Waals surface area contributed by atoms with E-state index in [2.05, 4.69) is 21.2 Å². The van der Waals surface area contributed by atoms with Gasteiger partial charge in [0.2, 0.25) is 0 Å². The molecule has 2 rings (SSSR count). The van der Waals surface area contributed by atoms with Gasteiger partial charge in [0.1, 0.15) is 0 Å². The number of hydrogen-bond donors (Lipinski definition) is 1. The first-order valence-corrected chi connectivity index (χ1v) is 7.58. The Kier molecular flexibility index (Phi) is 4.93. The van der Waals surface area contributed by atoms with Crippen LogP contribution in [0.15, 0.2) is 16.6 Å². The predicted molar refractivity (Wildman–Crippen MR) is 78.5 cm³/mol. The van der Waals surface area contributed by atoms with E-state index in [1.54, 1.807) is 12.1 Å². The summed E-state index contributed by atoms with van der Waals surface area (Å²) in [6.07, 6.45) is 5.72. The van der Waals surface area contributed by atoms with Crippen LogP contribution >= 0.6 is 39.1 Å². The number of halogens is 3. The summed E-state index contributed by atoms with van der Waals surface area (Å²) in [5.74, 6) is -0.138. The average molecular weight is 351 g/mol. The van der Waals surface area contributed by atoms with E-state index < -0.39 is 0 Å². The number of hydrogen-bond acceptors (Lipinski definition) is 1. The van der Waals surface area contributed by atoms with Gasteiger partial charge in [0, 0.05) is 10.5 Å². The molecule has 1 N–H and O–H groups in total. The third-order valence-electron chi connectivity index (χ3n) is 3.19. The van der Waals surface area contributed by atoms with Gasteiger partial charge in [0.25, 0.3) is 5.91 Å².